The van der Waals surface area contributed by atoms with E-state index < -0.39 is 6.10 Å². The lowest BCUT2D eigenvalue weighted by Gasteiger charge is -2.21. The second kappa shape index (κ2) is 5.02. The van der Waals surface area contributed by atoms with E-state index >= 15 is 0 Å². The van der Waals surface area contributed by atoms with Gasteiger partial charge in [-0.15, -0.1) is 0 Å². The third-order valence-corrected chi connectivity index (χ3v) is 3.73. The maximum absolute atomic E-state index is 10.5. The molecule has 3 heteroatoms. The number of hydrogen-bond donors (Lipinski definition) is 2. The molecule has 2 N–H and O–H groups in total. The summed E-state index contributed by atoms with van der Waals surface area (Å²) in [7, 11) is 0. The number of phenolic OH excluding ortho intramolecular Hbond substituents is 1. The second-order valence-corrected chi connectivity index (χ2v) is 5.11. The van der Waals surface area contributed by atoms with Crippen molar-refractivity contribution in [1.29, 1.82) is 0 Å². The Kier molecular flexibility index (Phi) is 3.20. The Balaban J connectivity index is 1.90. The smallest absolute Gasteiger partial charge is 0.115 e. The molecule has 1 heterocycles. The van der Waals surface area contributed by atoms with Gasteiger partial charge in [0.15, 0.2) is 0 Å². The lowest BCUT2D eigenvalue weighted by atomic mass is 10.0. The molecule has 0 fully saturated rings. The first kappa shape index (κ1) is 12.8. The minimum Gasteiger partial charge on any atom is -0.508 e. The molecule has 2 aromatic carbocycles. The number of fused-ring (bicyclic) bond motifs is 1. The summed E-state index contributed by atoms with van der Waals surface area (Å²) in [6.45, 7) is 1.98. The summed E-state index contributed by atoms with van der Waals surface area (Å²) >= 11 is 0. The molecule has 0 spiro atoms. The molecule has 0 aliphatic rings. The predicted octanol–water partition coefficient (Wildman–Crippen LogP) is 3.64. The van der Waals surface area contributed by atoms with Gasteiger partial charge >= 0.3 is 0 Å². The lowest BCUT2D eigenvalue weighted by Crippen LogP contribution is -2.13. The Hall–Kier alpha value is -2.26. The average molecular weight is 267 g/mol. The van der Waals surface area contributed by atoms with Gasteiger partial charge in [-0.3, -0.25) is 0 Å². The van der Waals surface area contributed by atoms with Crippen molar-refractivity contribution in [1.82, 2.24) is 4.57 Å². The molecule has 3 aromatic rings. The second-order valence-electron chi connectivity index (χ2n) is 5.11. The molecular formula is C17H17NO2. The first-order valence-corrected chi connectivity index (χ1v) is 6.68. The van der Waals surface area contributed by atoms with Crippen LogP contribution >= 0.6 is 0 Å². The summed E-state index contributed by atoms with van der Waals surface area (Å²) < 4.78 is 2.03. The summed E-state index contributed by atoms with van der Waals surface area (Å²) in [5.41, 5.74) is 0.799. The minimum atomic E-state index is -0.614. The Morgan fingerprint density at radius 2 is 1.45 bits per heavy atom. The van der Waals surface area contributed by atoms with E-state index in [4.69, 9.17) is 0 Å². The molecular weight excluding hydrogens is 250 g/mol. The first-order valence-electron chi connectivity index (χ1n) is 6.68. The van der Waals surface area contributed by atoms with Crippen molar-refractivity contribution in [2.45, 2.75) is 19.1 Å². The summed E-state index contributed by atoms with van der Waals surface area (Å²) in [4.78, 5) is 0. The van der Waals surface area contributed by atoms with Crippen molar-refractivity contribution < 1.29 is 10.2 Å². The fourth-order valence-electron chi connectivity index (χ4n) is 2.45. The van der Waals surface area contributed by atoms with Gasteiger partial charge < -0.3 is 14.8 Å². The topological polar surface area (TPSA) is 45.4 Å². The Bertz CT molecular complexity index is 682. The Morgan fingerprint density at radius 3 is 2.00 bits per heavy atom. The van der Waals surface area contributed by atoms with E-state index in [1.54, 1.807) is 24.3 Å². The molecule has 0 amide bonds. The van der Waals surface area contributed by atoms with Gasteiger partial charge in [-0.2, -0.15) is 0 Å². The predicted molar refractivity (Wildman–Crippen MR) is 79.7 cm³/mol. The van der Waals surface area contributed by atoms with Gasteiger partial charge in [0.1, 0.15) is 5.75 Å². The Labute approximate surface area is 117 Å². The standard InChI is InChI=1S/C17H17NO2/c1-12(17(20)13-6-8-16(19)9-7-13)18-10-14-4-2-3-5-15(14)11-18/h2-12,17,19-20H,1H3/t12-,17-/m0/s1. The van der Waals surface area contributed by atoms with Crippen molar-refractivity contribution in [2.24, 2.45) is 0 Å². The number of aliphatic hydroxyl groups is 1. The molecule has 3 nitrogen and oxygen atoms in total. The molecule has 102 valence electrons. The van der Waals surface area contributed by atoms with Crippen LogP contribution < -0.4 is 0 Å². The fourth-order valence-corrected chi connectivity index (χ4v) is 2.45. The van der Waals surface area contributed by atoms with Crippen LogP contribution in [0.15, 0.2) is 60.9 Å². The maximum atomic E-state index is 10.5. The maximum Gasteiger partial charge on any atom is 0.115 e. The highest BCUT2D eigenvalue weighted by atomic mass is 16.3. The molecule has 0 radical (unpaired) electrons. The summed E-state index contributed by atoms with van der Waals surface area (Å²) in [6, 6.07) is 14.7. The third-order valence-electron chi connectivity index (χ3n) is 3.73. The minimum absolute atomic E-state index is 0.0769. The SMILES string of the molecule is C[C@@H]([C@H](O)c1ccc(O)cc1)n1cc2ccccc2c1. The zero-order chi connectivity index (χ0) is 14.1. The van der Waals surface area contributed by atoms with Crippen LogP contribution in [0.3, 0.4) is 0 Å². The molecule has 0 aliphatic heterocycles. The molecule has 0 aliphatic carbocycles. The van der Waals surface area contributed by atoms with Crippen molar-refractivity contribution in [3.63, 3.8) is 0 Å². The van der Waals surface area contributed by atoms with E-state index in [2.05, 4.69) is 12.1 Å². The Morgan fingerprint density at radius 1 is 0.900 bits per heavy atom. The van der Waals surface area contributed by atoms with Crippen LogP contribution in [-0.4, -0.2) is 14.8 Å². The number of rotatable bonds is 3. The highest BCUT2D eigenvalue weighted by Gasteiger charge is 2.18. The highest BCUT2D eigenvalue weighted by Crippen LogP contribution is 2.29. The van der Waals surface area contributed by atoms with E-state index in [0.29, 0.717) is 0 Å². The molecule has 0 bridgehead atoms. The van der Waals surface area contributed by atoms with Gasteiger partial charge in [0, 0.05) is 12.4 Å². The van der Waals surface area contributed by atoms with Gasteiger partial charge in [-0.1, -0.05) is 36.4 Å². The van der Waals surface area contributed by atoms with Crippen molar-refractivity contribution >= 4 is 10.8 Å². The number of aliphatic hydroxyl groups excluding tert-OH is 1. The van der Waals surface area contributed by atoms with Crippen LogP contribution in [0.1, 0.15) is 24.6 Å². The van der Waals surface area contributed by atoms with Crippen molar-refractivity contribution in [2.75, 3.05) is 0 Å². The fraction of sp³-hybridized carbons (Fsp3) is 0.176. The zero-order valence-corrected chi connectivity index (χ0v) is 11.3. The molecule has 0 saturated heterocycles. The van der Waals surface area contributed by atoms with Gasteiger partial charge in [0.25, 0.3) is 0 Å². The van der Waals surface area contributed by atoms with Crippen LogP contribution in [0.5, 0.6) is 5.75 Å². The molecule has 3 rings (SSSR count). The lowest BCUT2D eigenvalue weighted by molar-refractivity contribution is 0.122. The first-order chi connectivity index (χ1) is 9.65. The summed E-state index contributed by atoms with van der Waals surface area (Å²) in [5, 5.41) is 22.1. The molecule has 0 unspecified atom stereocenters. The van der Waals surface area contributed by atoms with Crippen LogP contribution in [-0.2, 0) is 0 Å². The number of aromatic nitrogens is 1. The summed E-state index contributed by atoms with van der Waals surface area (Å²) in [5.74, 6) is 0.209. The van der Waals surface area contributed by atoms with E-state index in [9.17, 15) is 10.2 Å². The monoisotopic (exact) mass is 267 g/mol. The van der Waals surface area contributed by atoms with Crippen LogP contribution in [0, 0.1) is 0 Å². The quantitative estimate of drug-likeness (QED) is 0.761. The average Bonchev–Trinajstić information content (AvgIpc) is 2.90. The summed E-state index contributed by atoms with van der Waals surface area (Å²) in [6.07, 6.45) is 3.48. The van der Waals surface area contributed by atoms with E-state index in [1.807, 2.05) is 36.0 Å². The number of hydrogen-bond acceptors (Lipinski definition) is 2. The van der Waals surface area contributed by atoms with Crippen LogP contribution in [0.2, 0.25) is 0 Å². The van der Waals surface area contributed by atoms with Gasteiger partial charge in [0.05, 0.1) is 12.1 Å². The van der Waals surface area contributed by atoms with Crippen LogP contribution in [0.4, 0.5) is 0 Å². The van der Waals surface area contributed by atoms with E-state index in [1.165, 1.54) is 0 Å². The zero-order valence-electron chi connectivity index (χ0n) is 11.3. The van der Waals surface area contributed by atoms with Gasteiger partial charge in [-0.25, -0.2) is 0 Å². The van der Waals surface area contributed by atoms with E-state index in [0.717, 1.165) is 16.3 Å². The molecule has 20 heavy (non-hydrogen) atoms. The normalized spacial score (nSPS) is 14.3. The number of nitrogens with zero attached hydrogens (tertiary/aromatic N) is 1. The largest absolute Gasteiger partial charge is 0.508 e. The van der Waals surface area contributed by atoms with Crippen molar-refractivity contribution in [3.05, 3.63) is 66.5 Å². The van der Waals surface area contributed by atoms with Gasteiger partial charge in [0.2, 0.25) is 0 Å². The number of benzene rings is 2. The number of aromatic hydroxyl groups is 1. The van der Waals surface area contributed by atoms with E-state index in [-0.39, 0.29) is 11.8 Å². The molecule has 1 aromatic heterocycles. The molecule has 2 atom stereocenters. The van der Waals surface area contributed by atoms with Crippen LogP contribution in [0.25, 0.3) is 10.8 Å². The molecule has 0 saturated carbocycles. The van der Waals surface area contributed by atoms with Crippen molar-refractivity contribution in [3.8, 4) is 5.75 Å². The third kappa shape index (κ3) is 2.28. The number of phenols is 1. The van der Waals surface area contributed by atoms with Gasteiger partial charge in [-0.05, 0) is 35.4 Å². The highest BCUT2D eigenvalue weighted by molar-refractivity contribution is 5.82.